The van der Waals surface area contributed by atoms with E-state index in [1.165, 1.54) is 6.92 Å². The smallest absolute Gasteiger partial charge is 0.303 e. The number of carbonyl (C=O) groups excluding carboxylic acids is 5. The van der Waals surface area contributed by atoms with E-state index >= 15 is 0 Å². The van der Waals surface area contributed by atoms with Crippen LogP contribution >= 0.6 is 0 Å². The molecule has 15 nitrogen and oxygen atoms in total. The van der Waals surface area contributed by atoms with Crippen molar-refractivity contribution in [3.05, 3.63) is 0 Å². The number of aliphatic carboxylic acids is 1. The largest absolute Gasteiger partial charge is 0.481 e. The maximum atomic E-state index is 13.2. The van der Waals surface area contributed by atoms with Crippen molar-refractivity contribution in [2.24, 2.45) is 17.4 Å². The fraction of sp³-hybridized carbons (Fsp3) is 0.727. The van der Waals surface area contributed by atoms with E-state index in [4.69, 9.17) is 16.6 Å². The lowest BCUT2D eigenvalue weighted by Gasteiger charge is -2.31. The van der Waals surface area contributed by atoms with Gasteiger partial charge in [0.2, 0.25) is 29.5 Å². The van der Waals surface area contributed by atoms with Gasteiger partial charge in [0.1, 0.15) is 24.2 Å². The fourth-order valence-corrected chi connectivity index (χ4v) is 3.71. The van der Waals surface area contributed by atoms with E-state index in [-0.39, 0.29) is 25.3 Å². The summed E-state index contributed by atoms with van der Waals surface area (Å²) in [5, 5.41) is 35.6. The monoisotopic (exact) mass is 530 g/mol. The Morgan fingerprint density at radius 1 is 1.00 bits per heavy atom. The Morgan fingerprint density at radius 2 is 1.62 bits per heavy atom. The molecule has 5 amide bonds. The average Bonchev–Trinajstić information content (AvgIpc) is 3.31. The number of nitrogens with two attached hydrogens (primary N) is 2. The normalized spacial score (nSPS) is 19.3. The van der Waals surface area contributed by atoms with Crippen LogP contribution in [0.2, 0.25) is 0 Å². The lowest BCUT2D eigenvalue weighted by Crippen LogP contribution is -2.61. The Hall–Kier alpha value is -3.30. The zero-order valence-electron chi connectivity index (χ0n) is 21.2. The maximum Gasteiger partial charge on any atom is 0.303 e. The van der Waals surface area contributed by atoms with Crippen molar-refractivity contribution in [2.75, 3.05) is 13.2 Å². The zero-order valence-corrected chi connectivity index (χ0v) is 21.2. The second kappa shape index (κ2) is 14.4. The second-order valence-electron chi connectivity index (χ2n) is 9.33. The van der Waals surface area contributed by atoms with Crippen LogP contribution in [0.15, 0.2) is 0 Å². The quantitative estimate of drug-likeness (QED) is 0.108. The number of nitrogens with zero attached hydrogens (tertiary/aromatic N) is 1. The number of primary amides is 1. The molecule has 0 radical (unpaired) electrons. The van der Waals surface area contributed by atoms with Crippen LogP contribution in [0.5, 0.6) is 0 Å². The second-order valence-corrected chi connectivity index (χ2v) is 9.33. The molecule has 0 aromatic rings. The van der Waals surface area contributed by atoms with Crippen molar-refractivity contribution >= 4 is 35.5 Å². The first kappa shape index (κ1) is 31.7. The van der Waals surface area contributed by atoms with Crippen LogP contribution in [0.25, 0.3) is 0 Å². The fourth-order valence-electron chi connectivity index (χ4n) is 3.71. The molecular formula is C22H38N6O9. The number of carboxylic acid groups (broad SMARTS) is 1. The topological polar surface area (TPSA) is 254 Å². The number of carbonyl (C=O) groups is 6. The standard InChI is InChI=1S/C22H38N6O9/c1-10(2)16(23)21(36)26-13(9-29)19(34)27-17(11(3)30)22(37)28-8-4-5-14(28)20(35)25-12(18(24)33)6-7-15(31)32/h10-14,16-17,29-30H,4-9,23H2,1-3H3,(H2,24,33)(H,25,35)(H,26,36)(H,27,34)(H,31,32)/t11-,12+,13+,14+,16+,17+/m1/s1. The summed E-state index contributed by atoms with van der Waals surface area (Å²) in [5.74, 6) is -5.54. The van der Waals surface area contributed by atoms with Crippen molar-refractivity contribution in [2.45, 2.75) is 82.8 Å². The number of amides is 5. The number of likely N-dealkylation sites (tertiary alicyclic amines) is 1. The summed E-state index contributed by atoms with van der Waals surface area (Å²) < 4.78 is 0. The van der Waals surface area contributed by atoms with Crippen molar-refractivity contribution in [3.8, 4) is 0 Å². The van der Waals surface area contributed by atoms with Crippen molar-refractivity contribution in [1.82, 2.24) is 20.9 Å². The Morgan fingerprint density at radius 3 is 2.11 bits per heavy atom. The number of hydrogen-bond donors (Lipinski definition) is 8. The highest BCUT2D eigenvalue weighted by atomic mass is 16.4. The molecule has 1 heterocycles. The van der Waals surface area contributed by atoms with E-state index in [2.05, 4.69) is 16.0 Å². The molecule has 0 aromatic carbocycles. The molecule has 0 aliphatic carbocycles. The van der Waals surface area contributed by atoms with Gasteiger partial charge in [0, 0.05) is 13.0 Å². The molecule has 0 saturated carbocycles. The summed E-state index contributed by atoms with van der Waals surface area (Å²) in [6, 6.07) is -6.24. The summed E-state index contributed by atoms with van der Waals surface area (Å²) in [5.41, 5.74) is 11.0. The minimum atomic E-state index is -1.52. The van der Waals surface area contributed by atoms with Gasteiger partial charge in [-0.3, -0.25) is 28.8 Å². The summed E-state index contributed by atoms with van der Waals surface area (Å²) in [6.45, 7) is 3.93. The van der Waals surface area contributed by atoms with Gasteiger partial charge < -0.3 is 47.6 Å². The number of rotatable bonds is 14. The SMILES string of the molecule is CC(C)[C@H](N)C(=O)N[C@@H](CO)C(=O)N[C@H](C(=O)N1CCC[C@H]1C(=O)N[C@@H](CCC(=O)O)C(N)=O)[C@@H](C)O. The Kier molecular flexibility index (Phi) is 12.4. The van der Waals surface area contributed by atoms with Crippen LogP contribution in [-0.4, -0.2) is 105 Å². The first-order valence-electron chi connectivity index (χ1n) is 12.0. The van der Waals surface area contributed by atoms with Crippen LogP contribution in [0.3, 0.4) is 0 Å². The van der Waals surface area contributed by atoms with Crippen molar-refractivity contribution in [3.63, 3.8) is 0 Å². The predicted molar refractivity (Wildman–Crippen MR) is 128 cm³/mol. The molecule has 6 atom stereocenters. The summed E-state index contributed by atoms with van der Waals surface area (Å²) in [6.07, 6.45) is -1.45. The van der Waals surface area contributed by atoms with Crippen LogP contribution in [0, 0.1) is 5.92 Å². The number of aliphatic hydroxyl groups is 2. The van der Waals surface area contributed by atoms with Gasteiger partial charge in [-0.1, -0.05) is 13.8 Å². The predicted octanol–water partition coefficient (Wildman–Crippen LogP) is -3.86. The molecule has 10 N–H and O–H groups in total. The molecule has 1 fully saturated rings. The number of nitrogens with one attached hydrogen (secondary N) is 3. The molecule has 1 rings (SSSR count). The molecule has 0 spiro atoms. The Balaban J connectivity index is 2.96. The third-order valence-electron chi connectivity index (χ3n) is 6.03. The molecule has 0 bridgehead atoms. The lowest BCUT2D eigenvalue weighted by molar-refractivity contribution is -0.144. The van der Waals surface area contributed by atoms with Gasteiger partial charge in [-0.15, -0.1) is 0 Å². The Bertz CT molecular complexity index is 866. The minimum Gasteiger partial charge on any atom is -0.481 e. The van der Waals surface area contributed by atoms with Crippen LogP contribution in [-0.2, 0) is 28.8 Å². The highest BCUT2D eigenvalue weighted by Crippen LogP contribution is 2.20. The molecule has 1 aliphatic heterocycles. The van der Waals surface area contributed by atoms with Gasteiger partial charge in [-0.25, -0.2) is 0 Å². The van der Waals surface area contributed by atoms with Gasteiger partial charge in [-0.2, -0.15) is 0 Å². The van der Waals surface area contributed by atoms with Gasteiger partial charge in [0.15, 0.2) is 0 Å². The third-order valence-corrected chi connectivity index (χ3v) is 6.03. The van der Waals surface area contributed by atoms with Gasteiger partial charge in [0.05, 0.1) is 18.8 Å². The first-order chi connectivity index (χ1) is 17.2. The molecular weight excluding hydrogens is 492 g/mol. The average molecular weight is 531 g/mol. The molecule has 1 aliphatic rings. The lowest BCUT2D eigenvalue weighted by atomic mass is 10.0. The van der Waals surface area contributed by atoms with E-state index in [0.717, 1.165) is 4.90 Å². The van der Waals surface area contributed by atoms with Crippen LogP contribution < -0.4 is 27.4 Å². The van der Waals surface area contributed by atoms with Crippen molar-refractivity contribution in [1.29, 1.82) is 0 Å². The first-order valence-corrected chi connectivity index (χ1v) is 12.0. The van der Waals surface area contributed by atoms with Crippen molar-refractivity contribution < 1.29 is 44.1 Å². The number of hydrogen-bond acceptors (Lipinski definition) is 9. The van der Waals surface area contributed by atoms with E-state index in [1.807, 2.05) is 0 Å². The van der Waals surface area contributed by atoms with E-state index < -0.39 is 84.8 Å². The number of carboxylic acids is 1. The Labute approximate surface area is 214 Å². The third kappa shape index (κ3) is 9.26. The van der Waals surface area contributed by atoms with Gasteiger partial charge in [-0.05, 0) is 32.1 Å². The summed E-state index contributed by atoms with van der Waals surface area (Å²) in [7, 11) is 0. The molecule has 210 valence electrons. The zero-order chi connectivity index (χ0) is 28.4. The van der Waals surface area contributed by atoms with E-state index in [9.17, 15) is 39.0 Å². The summed E-state index contributed by atoms with van der Waals surface area (Å²) >= 11 is 0. The maximum absolute atomic E-state index is 13.2. The molecule has 15 heteroatoms. The summed E-state index contributed by atoms with van der Waals surface area (Å²) in [4.78, 5) is 74.5. The number of aliphatic hydroxyl groups excluding tert-OH is 2. The van der Waals surface area contributed by atoms with Crippen LogP contribution in [0.1, 0.15) is 46.5 Å². The van der Waals surface area contributed by atoms with Gasteiger partial charge >= 0.3 is 5.97 Å². The highest BCUT2D eigenvalue weighted by molar-refractivity contribution is 5.96. The molecule has 37 heavy (non-hydrogen) atoms. The molecule has 0 unspecified atom stereocenters. The van der Waals surface area contributed by atoms with Gasteiger partial charge in [0.25, 0.3) is 0 Å². The van der Waals surface area contributed by atoms with E-state index in [0.29, 0.717) is 6.42 Å². The molecule has 0 aromatic heterocycles. The van der Waals surface area contributed by atoms with Crippen LogP contribution in [0.4, 0.5) is 0 Å². The molecule has 1 saturated heterocycles. The minimum absolute atomic E-state index is 0.107. The highest BCUT2D eigenvalue weighted by Gasteiger charge is 2.40. The van der Waals surface area contributed by atoms with E-state index in [1.54, 1.807) is 13.8 Å².